The lowest BCUT2D eigenvalue weighted by atomic mass is 9.97. The zero-order valence-corrected chi connectivity index (χ0v) is 9.80. The van der Waals surface area contributed by atoms with E-state index in [1.807, 2.05) is 19.9 Å². The highest BCUT2D eigenvalue weighted by atomic mass is 19.4. The highest BCUT2D eigenvalue weighted by Crippen LogP contribution is 2.37. The van der Waals surface area contributed by atoms with Gasteiger partial charge in [-0.1, -0.05) is 12.1 Å². The lowest BCUT2D eigenvalue weighted by molar-refractivity contribution is -0.121. The Balaban J connectivity index is 2.39. The Morgan fingerprint density at radius 2 is 1.94 bits per heavy atom. The van der Waals surface area contributed by atoms with Gasteiger partial charge in [-0.05, 0) is 26.0 Å². The van der Waals surface area contributed by atoms with Crippen molar-refractivity contribution < 1.29 is 13.2 Å². The molecule has 17 heavy (non-hydrogen) atoms. The minimum Gasteiger partial charge on any atom is -0.381 e. The van der Waals surface area contributed by atoms with E-state index in [2.05, 4.69) is 5.32 Å². The van der Waals surface area contributed by atoms with Crippen molar-refractivity contribution in [2.75, 3.05) is 23.3 Å². The van der Waals surface area contributed by atoms with Gasteiger partial charge < -0.3 is 10.2 Å². The molecule has 1 N–H and O–H groups in total. The molecule has 0 spiro atoms. The Morgan fingerprint density at radius 1 is 1.29 bits per heavy atom. The van der Waals surface area contributed by atoms with Crippen molar-refractivity contribution in [3.05, 3.63) is 24.3 Å². The summed E-state index contributed by atoms with van der Waals surface area (Å²) in [6.45, 7) is 3.20. The van der Waals surface area contributed by atoms with E-state index in [9.17, 15) is 13.2 Å². The van der Waals surface area contributed by atoms with Crippen LogP contribution in [-0.2, 0) is 0 Å². The number of halogens is 3. The molecule has 1 aromatic carbocycles. The largest absolute Gasteiger partial charge is 0.405 e. The maximum absolute atomic E-state index is 12.6. The normalized spacial score (nSPS) is 18.5. The van der Waals surface area contributed by atoms with Crippen LogP contribution in [0.1, 0.15) is 13.8 Å². The summed E-state index contributed by atoms with van der Waals surface area (Å²) in [4.78, 5) is 1.42. The van der Waals surface area contributed by atoms with Gasteiger partial charge in [-0.2, -0.15) is 13.2 Å². The number of para-hydroxylation sites is 2. The first kappa shape index (κ1) is 12.1. The van der Waals surface area contributed by atoms with Crippen LogP contribution < -0.4 is 10.2 Å². The lowest BCUT2D eigenvalue weighted by Crippen LogP contribution is -2.55. The lowest BCUT2D eigenvalue weighted by Gasteiger charge is -2.45. The molecule has 0 saturated carbocycles. The number of hydrogen-bond donors (Lipinski definition) is 1. The molecule has 2 nitrogen and oxygen atoms in total. The summed E-state index contributed by atoms with van der Waals surface area (Å²) >= 11 is 0. The molecular weight excluding hydrogens is 229 g/mol. The zero-order chi connectivity index (χ0) is 12.7. The van der Waals surface area contributed by atoms with Crippen molar-refractivity contribution in [3.63, 3.8) is 0 Å². The van der Waals surface area contributed by atoms with Crippen LogP contribution in [0.4, 0.5) is 24.5 Å². The fourth-order valence-electron chi connectivity index (χ4n) is 2.07. The highest BCUT2D eigenvalue weighted by molar-refractivity contribution is 5.73. The Morgan fingerprint density at radius 3 is 2.59 bits per heavy atom. The fourth-order valence-corrected chi connectivity index (χ4v) is 2.07. The van der Waals surface area contributed by atoms with E-state index in [4.69, 9.17) is 0 Å². The van der Waals surface area contributed by atoms with Crippen LogP contribution in [0.2, 0.25) is 0 Å². The topological polar surface area (TPSA) is 15.3 Å². The third-order valence-corrected chi connectivity index (χ3v) is 2.97. The molecule has 1 heterocycles. The van der Waals surface area contributed by atoms with E-state index in [1.54, 1.807) is 18.2 Å². The number of benzene rings is 1. The van der Waals surface area contributed by atoms with Crippen molar-refractivity contribution in [3.8, 4) is 0 Å². The van der Waals surface area contributed by atoms with Crippen LogP contribution in [-0.4, -0.2) is 24.8 Å². The Hall–Kier alpha value is -1.39. The van der Waals surface area contributed by atoms with Crippen molar-refractivity contribution >= 4 is 11.4 Å². The van der Waals surface area contributed by atoms with Gasteiger partial charge in [0, 0.05) is 6.54 Å². The molecule has 5 heteroatoms. The number of nitrogens with zero attached hydrogens (tertiary/aromatic N) is 1. The van der Waals surface area contributed by atoms with Gasteiger partial charge in [0.2, 0.25) is 0 Å². The molecule has 0 atom stereocenters. The first-order valence-corrected chi connectivity index (χ1v) is 5.47. The van der Waals surface area contributed by atoms with Gasteiger partial charge in [-0.15, -0.1) is 0 Å². The number of hydrogen-bond acceptors (Lipinski definition) is 2. The highest BCUT2D eigenvalue weighted by Gasteiger charge is 2.40. The molecular formula is C12H15F3N2. The standard InChI is InChI=1S/C12H15F3N2/c1-11(2)7-16-9-5-3-4-6-10(9)17(11)8-12(13,14)15/h3-6,16H,7-8H2,1-2H3. The first-order valence-electron chi connectivity index (χ1n) is 5.47. The Bertz CT molecular complexity index is 412. The molecule has 0 radical (unpaired) electrons. The van der Waals surface area contributed by atoms with Crippen LogP contribution in [0.25, 0.3) is 0 Å². The van der Waals surface area contributed by atoms with E-state index in [-0.39, 0.29) is 0 Å². The molecule has 0 fully saturated rings. The average molecular weight is 244 g/mol. The Kier molecular flexibility index (Phi) is 2.72. The number of nitrogens with one attached hydrogen (secondary N) is 1. The Labute approximate surface area is 98.4 Å². The summed E-state index contributed by atoms with van der Waals surface area (Å²) in [5, 5.41) is 3.16. The van der Waals surface area contributed by atoms with Crippen molar-refractivity contribution in [1.29, 1.82) is 0 Å². The molecule has 2 rings (SSSR count). The van der Waals surface area contributed by atoms with Crippen LogP contribution in [0.15, 0.2) is 24.3 Å². The van der Waals surface area contributed by atoms with Gasteiger partial charge in [0.05, 0.1) is 16.9 Å². The fraction of sp³-hybridized carbons (Fsp3) is 0.500. The molecule has 0 unspecified atom stereocenters. The van der Waals surface area contributed by atoms with Gasteiger partial charge in [0.15, 0.2) is 0 Å². The number of rotatable bonds is 1. The summed E-state index contributed by atoms with van der Waals surface area (Å²) in [7, 11) is 0. The molecule has 0 amide bonds. The third kappa shape index (κ3) is 2.48. The predicted molar refractivity (Wildman–Crippen MR) is 62.4 cm³/mol. The van der Waals surface area contributed by atoms with Gasteiger partial charge in [0.25, 0.3) is 0 Å². The number of alkyl halides is 3. The molecule has 0 bridgehead atoms. The second-order valence-corrected chi connectivity index (χ2v) is 4.88. The van der Waals surface area contributed by atoms with Crippen molar-refractivity contribution in [1.82, 2.24) is 0 Å². The molecule has 1 aliphatic heterocycles. The van der Waals surface area contributed by atoms with Crippen molar-refractivity contribution in [2.24, 2.45) is 0 Å². The molecule has 0 saturated heterocycles. The SMILES string of the molecule is CC1(C)CNc2ccccc2N1CC(F)(F)F. The molecule has 0 aromatic heterocycles. The molecule has 1 aromatic rings. The van der Waals surface area contributed by atoms with Crippen molar-refractivity contribution in [2.45, 2.75) is 25.6 Å². The second kappa shape index (κ2) is 3.82. The van der Waals surface area contributed by atoms with Crippen LogP contribution in [0.5, 0.6) is 0 Å². The average Bonchev–Trinajstić information content (AvgIpc) is 2.21. The van der Waals surface area contributed by atoms with E-state index in [1.165, 1.54) is 4.90 Å². The molecule has 1 aliphatic rings. The summed E-state index contributed by atoms with van der Waals surface area (Å²) in [6.07, 6.45) is -4.19. The second-order valence-electron chi connectivity index (χ2n) is 4.88. The van der Waals surface area contributed by atoms with Crippen LogP contribution in [0, 0.1) is 0 Å². The van der Waals surface area contributed by atoms with Gasteiger partial charge in [0.1, 0.15) is 6.54 Å². The number of anilines is 2. The predicted octanol–water partition coefficient (Wildman–Crippen LogP) is 3.26. The summed E-state index contributed by atoms with van der Waals surface area (Å²) in [5.41, 5.74) is 0.821. The third-order valence-electron chi connectivity index (χ3n) is 2.97. The molecule has 0 aliphatic carbocycles. The van der Waals surface area contributed by atoms with Gasteiger partial charge >= 0.3 is 6.18 Å². The van der Waals surface area contributed by atoms with Crippen LogP contribution >= 0.6 is 0 Å². The smallest absolute Gasteiger partial charge is 0.381 e. The van der Waals surface area contributed by atoms with Gasteiger partial charge in [-0.3, -0.25) is 0 Å². The zero-order valence-electron chi connectivity index (χ0n) is 9.80. The quantitative estimate of drug-likeness (QED) is 0.815. The molecule has 94 valence electrons. The van der Waals surface area contributed by atoms with E-state index in [0.717, 1.165) is 5.69 Å². The minimum absolute atomic E-state index is 0.500. The summed E-state index contributed by atoms with van der Waals surface area (Å²) in [6, 6.07) is 7.09. The minimum atomic E-state index is -4.19. The summed E-state index contributed by atoms with van der Waals surface area (Å²) in [5.74, 6) is 0. The van der Waals surface area contributed by atoms with Crippen LogP contribution in [0.3, 0.4) is 0 Å². The maximum atomic E-state index is 12.6. The van der Waals surface area contributed by atoms with E-state index >= 15 is 0 Å². The van der Waals surface area contributed by atoms with E-state index < -0.39 is 18.3 Å². The van der Waals surface area contributed by atoms with E-state index in [0.29, 0.717) is 12.2 Å². The maximum Gasteiger partial charge on any atom is 0.405 e. The monoisotopic (exact) mass is 244 g/mol. The first-order chi connectivity index (χ1) is 7.80. The van der Waals surface area contributed by atoms with Gasteiger partial charge in [-0.25, -0.2) is 0 Å². The summed E-state index contributed by atoms with van der Waals surface area (Å²) < 4.78 is 37.8. The number of fused-ring (bicyclic) bond motifs is 1.